The minimum Gasteiger partial charge on any atom is -0.305 e. The molecule has 1 atom stereocenters. The summed E-state index contributed by atoms with van der Waals surface area (Å²) in [4.78, 5) is 14.9. The van der Waals surface area contributed by atoms with Gasteiger partial charge in [0.05, 0.1) is 11.0 Å². The van der Waals surface area contributed by atoms with E-state index in [1.807, 2.05) is 19.9 Å². The fourth-order valence-corrected chi connectivity index (χ4v) is 4.96. The number of rotatable bonds is 2. The molecule has 1 aromatic carbocycles. The molecule has 0 saturated heterocycles. The molecule has 2 heterocycles. The normalized spacial score (nSPS) is 20.4. The minimum atomic E-state index is -3.76. The number of hydrogen-bond acceptors (Lipinski definition) is 3. The summed E-state index contributed by atoms with van der Waals surface area (Å²) in [6.45, 7) is 6.20. The van der Waals surface area contributed by atoms with E-state index >= 15 is 0 Å². The predicted molar refractivity (Wildman–Crippen MR) is 90.4 cm³/mol. The van der Waals surface area contributed by atoms with Crippen molar-refractivity contribution in [2.45, 2.75) is 38.3 Å². The molecule has 0 amide bonds. The van der Waals surface area contributed by atoms with Gasteiger partial charge in [0.25, 0.3) is 0 Å². The van der Waals surface area contributed by atoms with Crippen molar-refractivity contribution in [3.8, 4) is 0 Å². The lowest BCUT2D eigenvalue weighted by Crippen LogP contribution is -2.40. The van der Waals surface area contributed by atoms with Gasteiger partial charge in [-0.05, 0) is 32.9 Å². The Bertz CT molecular complexity index is 968. The number of imidazole rings is 1. The Hall–Kier alpha value is -1.57. The van der Waals surface area contributed by atoms with Crippen molar-refractivity contribution in [3.63, 3.8) is 0 Å². The third-order valence-electron chi connectivity index (χ3n) is 4.00. The van der Waals surface area contributed by atoms with E-state index in [0.717, 1.165) is 5.57 Å². The molecule has 0 bridgehead atoms. The largest absolute Gasteiger partial charge is 0.326 e. The maximum atomic E-state index is 13.1. The lowest BCUT2D eigenvalue weighted by atomic mass is 10.2. The van der Waals surface area contributed by atoms with E-state index in [9.17, 15) is 13.2 Å². The van der Waals surface area contributed by atoms with Gasteiger partial charge in [-0.15, -0.1) is 0 Å². The summed E-state index contributed by atoms with van der Waals surface area (Å²) in [5, 5.41) is 0.279. The van der Waals surface area contributed by atoms with Crippen LogP contribution in [0.4, 0.5) is 0 Å². The van der Waals surface area contributed by atoms with Crippen molar-refractivity contribution in [1.82, 2.24) is 13.9 Å². The molecule has 1 aromatic heterocycles. The van der Waals surface area contributed by atoms with Crippen LogP contribution in [-0.2, 0) is 16.6 Å². The van der Waals surface area contributed by atoms with Crippen LogP contribution in [0.25, 0.3) is 11.0 Å². The lowest BCUT2D eigenvalue weighted by Gasteiger charge is -2.25. The summed E-state index contributed by atoms with van der Waals surface area (Å²) in [7, 11) is -3.76. The van der Waals surface area contributed by atoms with E-state index in [1.165, 1.54) is 14.9 Å². The first-order valence-electron chi connectivity index (χ1n) is 7.29. The van der Waals surface area contributed by atoms with E-state index in [4.69, 9.17) is 11.6 Å². The first-order valence-corrected chi connectivity index (χ1v) is 9.11. The van der Waals surface area contributed by atoms with Crippen LogP contribution in [0.3, 0.4) is 0 Å². The number of nitrogens with zero attached hydrogens (tertiary/aromatic N) is 2. The summed E-state index contributed by atoms with van der Waals surface area (Å²) in [6.07, 6.45) is 1.86. The molecule has 1 aliphatic heterocycles. The first-order chi connectivity index (χ1) is 10.7. The Labute approximate surface area is 139 Å². The van der Waals surface area contributed by atoms with Crippen LogP contribution in [0.1, 0.15) is 20.8 Å². The standard InChI is InChI=1S/C15H18ClN3O3S/c1-9(2)4-5-19-10(3)8-18-14-12(17-15(18)20)6-11(16)7-13(14)23(19,21)22/h4,6-7,10H,5,8H2,1-3H3,(H,17,20). The number of aromatic nitrogens is 2. The van der Waals surface area contributed by atoms with Gasteiger partial charge in [0.1, 0.15) is 4.90 Å². The summed E-state index contributed by atoms with van der Waals surface area (Å²) in [5.74, 6) is 0. The number of H-pyrrole nitrogens is 1. The van der Waals surface area contributed by atoms with E-state index < -0.39 is 10.0 Å². The fourth-order valence-electron chi connectivity index (χ4n) is 2.87. The zero-order chi connectivity index (χ0) is 16.9. The highest BCUT2D eigenvalue weighted by Gasteiger charge is 2.35. The molecule has 0 spiro atoms. The third-order valence-corrected chi connectivity index (χ3v) is 6.21. The number of aromatic amines is 1. The van der Waals surface area contributed by atoms with Crippen LogP contribution < -0.4 is 5.69 Å². The molecular formula is C15H18ClN3O3S. The van der Waals surface area contributed by atoms with Gasteiger partial charge in [-0.25, -0.2) is 13.2 Å². The monoisotopic (exact) mass is 355 g/mol. The molecule has 8 heteroatoms. The van der Waals surface area contributed by atoms with Crippen molar-refractivity contribution >= 4 is 32.7 Å². The molecule has 0 saturated carbocycles. The topological polar surface area (TPSA) is 75.2 Å². The number of nitrogens with one attached hydrogen (secondary N) is 1. The van der Waals surface area contributed by atoms with Crippen molar-refractivity contribution < 1.29 is 8.42 Å². The highest BCUT2D eigenvalue weighted by atomic mass is 35.5. The van der Waals surface area contributed by atoms with Crippen molar-refractivity contribution in [3.05, 3.63) is 39.3 Å². The van der Waals surface area contributed by atoms with Gasteiger partial charge in [0.15, 0.2) is 0 Å². The second-order valence-corrected chi connectivity index (χ2v) is 8.34. The molecule has 6 nitrogen and oxygen atoms in total. The highest BCUT2D eigenvalue weighted by Crippen LogP contribution is 2.32. The summed E-state index contributed by atoms with van der Waals surface area (Å²) >= 11 is 6.05. The van der Waals surface area contributed by atoms with Gasteiger partial charge in [0, 0.05) is 24.2 Å². The molecule has 124 valence electrons. The van der Waals surface area contributed by atoms with Gasteiger partial charge in [-0.1, -0.05) is 23.3 Å². The SMILES string of the molecule is CC(C)=CCN1C(C)Cn2c(=O)[nH]c3cc(Cl)cc(c32)S1(=O)=O. The van der Waals surface area contributed by atoms with Crippen LogP contribution in [-0.4, -0.2) is 34.9 Å². The molecule has 2 aromatic rings. The average molecular weight is 356 g/mol. The highest BCUT2D eigenvalue weighted by molar-refractivity contribution is 7.89. The van der Waals surface area contributed by atoms with Crippen LogP contribution >= 0.6 is 11.6 Å². The number of allylic oxidation sites excluding steroid dienone is 1. The van der Waals surface area contributed by atoms with Crippen molar-refractivity contribution in [2.24, 2.45) is 0 Å². The van der Waals surface area contributed by atoms with Gasteiger partial charge >= 0.3 is 5.69 Å². The first kappa shape index (κ1) is 16.3. The van der Waals surface area contributed by atoms with Gasteiger partial charge < -0.3 is 4.98 Å². The smallest absolute Gasteiger partial charge is 0.305 e. The maximum absolute atomic E-state index is 13.1. The van der Waals surface area contributed by atoms with Gasteiger partial charge in [-0.3, -0.25) is 4.57 Å². The van der Waals surface area contributed by atoms with Gasteiger partial charge in [-0.2, -0.15) is 4.31 Å². The van der Waals surface area contributed by atoms with Crippen LogP contribution in [0, 0.1) is 0 Å². The molecule has 3 rings (SSSR count). The molecule has 0 fully saturated rings. The number of halogens is 1. The lowest BCUT2D eigenvalue weighted by molar-refractivity contribution is 0.335. The molecular weight excluding hydrogens is 338 g/mol. The Balaban J connectivity index is 2.31. The summed E-state index contributed by atoms with van der Waals surface area (Å²) in [6, 6.07) is 2.64. The average Bonchev–Trinajstić information content (AvgIpc) is 2.68. The van der Waals surface area contributed by atoms with E-state index in [0.29, 0.717) is 17.6 Å². The number of hydrogen-bond donors (Lipinski definition) is 1. The molecule has 1 unspecified atom stereocenters. The summed E-state index contributed by atoms with van der Waals surface area (Å²) < 4.78 is 29.1. The van der Waals surface area contributed by atoms with Crippen molar-refractivity contribution in [2.75, 3.05) is 6.54 Å². The minimum absolute atomic E-state index is 0.0739. The molecule has 0 radical (unpaired) electrons. The predicted octanol–water partition coefficient (Wildman–Crippen LogP) is 2.34. The van der Waals surface area contributed by atoms with Crippen molar-refractivity contribution in [1.29, 1.82) is 0 Å². The molecule has 1 N–H and O–H groups in total. The Morgan fingerprint density at radius 2 is 2.13 bits per heavy atom. The number of benzene rings is 1. The maximum Gasteiger partial charge on any atom is 0.326 e. The van der Waals surface area contributed by atoms with E-state index in [2.05, 4.69) is 4.98 Å². The second-order valence-electron chi connectivity index (χ2n) is 6.05. The molecule has 23 heavy (non-hydrogen) atoms. The second kappa shape index (κ2) is 5.51. The Kier molecular flexibility index (Phi) is 3.90. The quantitative estimate of drug-likeness (QED) is 0.840. The summed E-state index contributed by atoms with van der Waals surface area (Å²) in [5.41, 5.74) is 1.54. The number of sulfonamides is 1. The fraction of sp³-hybridized carbons (Fsp3) is 0.400. The van der Waals surface area contributed by atoms with Crippen LogP contribution in [0.5, 0.6) is 0 Å². The third kappa shape index (κ3) is 2.62. The van der Waals surface area contributed by atoms with Gasteiger partial charge in [0.2, 0.25) is 10.0 Å². The molecule has 1 aliphatic rings. The van der Waals surface area contributed by atoms with Crippen LogP contribution in [0.15, 0.2) is 33.5 Å². The van der Waals surface area contributed by atoms with E-state index in [1.54, 1.807) is 13.0 Å². The van der Waals surface area contributed by atoms with Crippen LogP contribution in [0.2, 0.25) is 5.02 Å². The zero-order valence-corrected chi connectivity index (χ0v) is 14.7. The zero-order valence-electron chi connectivity index (χ0n) is 13.1. The Morgan fingerprint density at radius 3 is 2.78 bits per heavy atom. The van der Waals surface area contributed by atoms with E-state index in [-0.39, 0.29) is 28.2 Å². The Morgan fingerprint density at radius 1 is 1.43 bits per heavy atom. The molecule has 0 aliphatic carbocycles.